The molecule has 1 aromatic heterocycles. The number of hydrogen-bond donors (Lipinski definition) is 2. The summed E-state index contributed by atoms with van der Waals surface area (Å²) in [5.74, 6) is 0.483. The van der Waals surface area contributed by atoms with Gasteiger partial charge < -0.3 is 20.1 Å². The van der Waals surface area contributed by atoms with Gasteiger partial charge in [0.2, 0.25) is 0 Å². The lowest BCUT2D eigenvalue weighted by atomic mass is 9.93. The van der Waals surface area contributed by atoms with Gasteiger partial charge in [-0.1, -0.05) is 0 Å². The number of aromatic nitrogens is 2. The lowest BCUT2D eigenvalue weighted by molar-refractivity contribution is 0.0573. The fraction of sp³-hybridized carbons (Fsp3) is 0.750. The highest BCUT2D eigenvalue weighted by Crippen LogP contribution is 2.19. The monoisotopic (exact) mass is 322 g/mol. The van der Waals surface area contributed by atoms with Crippen LogP contribution in [0.25, 0.3) is 0 Å². The molecule has 3 rings (SSSR count). The number of nitrogens with one attached hydrogen (secondary N) is 2. The van der Waals surface area contributed by atoms with E-state index in [2.05, 4.69) is 22.7 Å². The fourth-order valence-corrected chi connectivity index (χ4v) is 3.23. The molecule has 128 valence electrons. The van der Waals surface area contributed by atoms with Crippen molar-refractivity contribution in [2.75, 3.05) is 25.1 Å². The molecule has 1 aromatic rings. The second-order valence-corrected chi connectivity index (χ2v) is 6.42. The van der Waals surface area contributed by atoms with Gasteiger partial charge in [0.1, 0.15) is 0 Å². The zero-order valence-corrected chi connectivity index (χ0v) is 13.7. The Balaban J connectivity index is 1.44. The van der Waals surface area contributed by atoms with Crippen molar-refractivity contribution < 1.29 is 14.3 Å². The molecule has 2 saturated heterocycles. The average molecular weight is 322 g/mol. The summed E-state index contributed by atoms with van der Waals surface area (Å²) in [5, 5.41) is 10.1. The van der Waals surface area contributed by atoms with Crippen molar-refractivity contribution in [2.45, 2.75) is 51.3 Å². The molecule has 2 N–H and O–H groups in total. The predicted molar refractivity (Wildman–Crippen MR) is 86.4 cm³/mol. The van der Waals surface area contributed by atoms with Crippen LogP contribution in [0.5, 0.6) is 0 Å². The van der Waals surface area contributed by atoms with Gasteiger partial charge in [0, 0.05) is 32.1 Å². The minimum absolute atomic E-state index is 0.140. The third-order valence-electron chi connectivity index (χ3n) is 4.64. The van der Waals surface area contributed by atoms with Gasteiger partial charge in [-0.3, -0.25) is 4.68 Å². The van der Waals surface area contributed by atoms with Crippen LogP contribution < -0.4 is 10.6 Å². The number of hydrogen-bond acceptors (Lipinski definition) is 4. The summed E-state index contributed by atoms with van der Waals surface area (Å²) >= 11 is 0. The highest BCUT2D eigenvalue weighted by atomic mass is 16.5. The molecule has 7 nitrogen and oxygen atoms in total. The van der Waals surface area contributed by atoms with E-state index >= 15 is 0 Å². The summed E-state index contributed by atoms with van der Waals surface area (Å²) in [6, 6.07) is -0.0403. The van der Waals surface area contributed by atoms with Crippen molar-refractivity contribution in [1.29, 1.82) is 0 Å². The standard InChI is InChI=1S/C16H26N4O3/c1-12(13-4-7-22-8-5-13)18-16(21)19-14-9-17-20(10-14)11-15-3-2-6-23-15/h9-10,12-13,15H,2-8,11H2,1H3,(H2,18,19,21). The van der Waals surface area contributed by atoms with Gasteiger partial charge in [0.25, 0.3) is 0 Å². The van der Waals surface area contributed by atoms with Crippen LogP contribution in [0.2, 0.25) is 0 Å². The Morgan fingerprint density at radius 3 is 2.96 bits per heavy atom. The van der Waals surface area contributed by atoms with E-state index in [9.17, 15) is 4.79 Å². The van der Waals surface area contributed by atoms with Crippen molar-refractivity contribution in [3.8, 4) is 0 Å². The molecule has 0 bridgehead atoms. The molecule has 2 unspecified atom stereocenters. The van der Waals surface area contributed by atoms with Gasteiger partial charge in [0.05, 0.1) is 24.5 Å². The van der Waals surface area contributed by atoms with E-state index < -0.39 is 0 Å². The largest absolute Gasteiger partial charge is 0.381 e. The Morgan fingerprint density at radius 1 is 1.39 bits per heavy atom. The van der Waals surface area contributed by atoms with Crippen molar-refractivity contribution >= 4 is 11.7 Å². The molecule has 2 aliphatic rings. The van der Waals surface area contributed by atoms with Crippen molar-refractivity contribution in [2.24, 2.45) is 5.92 Å². The summed E-state index contributed by atoms with van der Waals surface area (Å²) in [6.07, 6.45) is 7.95. The first-order valence-electron chi connectivity index (χ1n) is 8.50. The molecule has 0 saturated carbocycles. The molecule has 2 fully saturated rings. The average Bonchev–Trinajstić information content (AvgIpc) is 3.21. The van der Waals surface area contributed by atoms with Crippen LogP contribution in [-0.2, 0) is 16.0 Å². The van der Waals surface area contributed by atoms with E-state index in [1.807, 2.05) is 10.9 Å². The molecule has 23 heavy (non-hydrogen) atoms. The first-order chi connectivity index (χ1) is 11.2. The van der Waals surface area contributed by atoms with Crippen molar-refractivity contribution in [3.05, 3.63) is 12.4 Å². The molecule has 3 heterocycles. The Morgan fingerprint density at radius 2 is 2.22 bits per heavy atom. The van der Waals surface area contributed by atoms with Crippen molar-refractivity contribution in [1.82, 2.24) is 15.1 Å². The van der Waals surface area contributed by atoms with Gasteiger partial charge in [-0.05, 0) is 38.5 Å². The van der Waals surface area contributed by atoms with Crippen LogP contribution in [0.3, 0.4) is 0 Å². The normalized spacial score (nSPS) is 23.6. The molecule has 7 heteroatoms. The third kappa shape index (κ3) is 4.68. The second kappa shape index (κ2) is 7.79. The number of anilines is 1. The van der Waals surface area contributed by atoms with E-state index in [4.69, 9.17) is 9.47 Å². The van der Waals surface area contributed by atoms with Gasteiger partial charge in [-0.2, -0.15) is 5.10 Å². The Kier molecular flexibility index (Phi) is 5.51. The lowest BCUT2D eigenvalue weighted by Crippen LogP contribution is -2.42. The Bertz CT molecular complexity index is 507. The van der Waals surface area contributed by atoms with Crippen LogP contribution in [0.15, 0.2) is 12.4 Å². The molecule has 2 amide bonds. The third-order valence-corrected chi connectivity index (χ3v) is 4.64. The van der Waals surface area contributed by atoms with Crippen LogP contribution in [-0.4, -0.2) is 47.8 Å². The van der Waals surface area contributed by atoms with E-state index in [-0.39, 0.29) is 18.2 Å². The van der Waals surface area contributed by atoms with Crippen LogP contribution in [0.4, 0.5) is 10.5 Å². The first kappa shape index (κ1) is 16.3. The van der Waals surface area contributed by atoms with Gasteiger partial charge in [-0.25, -0.2) is 4.79 Å². The molecule has 0 aliphatic carbocycles. The maximum atomic E-state index is 12.1. The Hall–Kier alpha value is -1.60. The molecular formula is C16H26N4O3. The smallest absolute Gasteiger partial charge is 0.319 e. The zero-order valence-electron chi connectivity index (χ0n) is 13.7. The highest BCUT2D eigenvalue weighted by Gasteiger charge is 2.22. The minimum atomic E-state index is -0.180. The number of rotatable bonds is 5. The number of carbonyl (C=O) groups excluding carboxylic acids is 1. The molecule has 0 spiro atoms. The molecule has 2 aliphatic heterocycles. The van der Waals surface area contributed by atoms with Crippen LogP contribution >= 0.6 is 0 Å². The second-order valence-electron chi connectivity index (χ2n) is 6.42. The summed E-state index contributed by atoms with van der Waals surface area (Å²) in [7, 11) is 0. The van der Waals surface area contributed by atoms with E-state index in [1.54, 1.807) is 6.20 Å². The SMILES string of the molecule is CC(NC(=O)Nc1cnn(CC2CCCO2)c1)C1CCOCC1. The van der Waals surface area contributed by atoms with Crippen molar-refractivity contribution in [3.63, 3.8) is 0 Å². The van der Waals surface area contributed by atoms with E-state index in [0.717, 1.165) is 52.0 Å². The number of amides is 2. The maximum Gasteiger partial charge on any atom is 0.319 e. The summed E-state index contributed by atoms with van der Waals surface area (Å²) < 4.78 is 12.8. The summed E-state index contributed by atoms with van der Waals surface area (Å²) in [6.45, 7) is 5.20. The topological polar surface area (TPSA) is 77.4 Å². The predicted octanol–water partition coefficient (Wildman–Crippen LogP) is 2.00. The first-order valence-corrected chi connectivity index (χ1v) is 8.50. The molecule has 0 radical (unpaired) electrons. The zero-order chi connectivity index (χ0) is 16.1. The van der Waals surface area contributed by atoms with Crippen LogP contribution in [0.1, 0.15) is 32.6 Å². The lowest BCUT2D eigenvalue weighted by Gasteiger charge is -2.28. The molecule has 2 atom stereocenters. The van der Waals surface area contributed by atoms with Crippen LogP contribution in [0, 0.1) is 5.92 Å². The molecular weight excluding hydrogens is 296 g/mol. The number of ether oxygens (including phenoxy) is 2. The van der Waals surface area contributed by atoms with E-state index in [1.165, 1.54) is 0 Å². The fourth-order valence-electron chi connectivity index (χ4n) is 3.23. The van der Waals surface area contributed by atoms with Gasteiger partial charge in [-0.15, -0.1) is 0 Å². The number of carbonyl (C=O) groups is 1. The van der Waals surface area contributed by atoms with E-state index in [0.29, 0.717) is 11.6 Å². The quantitative estimate of drug-likeness (QED) is 0.869. The minimum Gasteiger partial charge on any atom is -0.381 e. The summed E-state index contributed by atoms with van der Waals surface area (Å²) in [5.41, 5.74) is 0.708. The maximum absolute atomic E-state index is 12.1. The summed E-state index contributed by atoms with van der Waals surface area (Å²) in [4.78, 5) is 12.1. The number of urea groups is 1. The molecule has 0 aromatic carbocycles. The number of nitrogens with zero attached hydrogens (tertiary/aromatic N) is 2. The van der Waals surface area contributed by atoms with Gasteiger partial charge in [0.15, 0.2) is 0 Å². The highest BCUT2D eigenvalue weighted by molar-refractivity contribution is 5.89. The Labute approximate surface area is 136 Å². The van der Waals surface area contributed by atoms with Gasteiger partial charge >= 0.3 is 6.03 Å².